The van der Waals surface area contributed by atoms with E-state index in [1.54, 1.807) is 12.1 Å². The monoisotopic (exact) mass is 297 g/mol. The first-order chi connectivity index (χ1) is 10.8. The molecule has 6 heteroatoms. The average molecular weight is 297 g/mol. The van der Waals surface area contributed by atoms with Gasteiger partial charge in [-0.1, -0.05) is 6.07 Å². The first-order valence-corrected chi connectivity index (χ1v) is 7.30. The highest BCUT2D eigenvalue weighted by Gasteiger charge is 2.18. The Bertz CT molecular complexity index is 621. The van der Waals surface area contributed by atoms with E-state index >= 15 is 0 Å². The molecule has 0 saturated carbocycles. The van der Waals surface area contributed by atoms with Gasteiger partial charge in [-0.05, 0) is 36.4 Å². The summed E-state index contributed by atoms with van der Waals surface area (Å²) in [4.78, 5) is 20.4. The highest BCUT2D eigenvalue weighted by molar-refractivity contribution is 5.94. The maximum absolute atomic E-state index is 11.4. The van der Waals surface area contributed by atoms with Crippen LogP contribution in [-0.4, -0.2) is 37.1 Å². The molecular formula is C16H19N5O. The molecule has 0 radical (unpaired) electrons. The van der Waals surface area contributed by atoms with Crippen LogP contribution in [0.3, 0.4) is 0 Å². The van der Waals surface area contributed by atoms with Crippen LogP contribution in [0.4, 0.5) is 11.5 Å². The predicted molar refractivity (Wildman–Crippen MR) is 86.8 cm³/mol. The van der Waals surface area contributed by atoms with Crippen LogP contribution in [0.15, 0.2) is 48.7 Å². The first kappa shape index (κ1) is 14.3. The first-order valence-electron chi connectivity index (χ1n) is 7.30. The summed E-state index contributed by atoms with van der Waals surface area (Å²) < 4.78 is 0. The van der Waals surface area contributed by atoms with Gasteiger partial charge >= 0.3 is 0 Å². The number of hydrogen-bond acceptors (Lipinski definition) is 5. The Hall–Kier alpha value is -2.60. The van der Waals surface area contributed by atoms with Crippen LogP contribution in [0.25, 0.3) is 0 Å². The fourth-order valence-corrected chi connectivity index (χ4v) is 2.64. The van der Waals surface area contributed by atoms with Gasteiger partial charge in [0.25, 0.3) is 5.91 Å². The van der Waals surface area contributed by atoms with E-state index < -0.39 is 0 Å². The number of piperazine rings is 1. The second-order valence-electron chi connectivity index (χ2n) is 5.18. The van der Waals surface area contributed by atoms with Gasteiger partial charge in [0, 0.05) is 43.6 Å². The fraction of sp³-hybridized carbons (Fsp3) is 0.250. The number of pyridine rings is 1. The normalized spacial score (nSPS) is 14.8. The lowest BCUT2D eigenvalue weighted by atomic mass is 10.1. The number of hydrogen-bond donors (Lipinski definition) is 2. The fourth-order valence-electron chi connectivity index (χ4n) is 2.64. The number of aromatic nitrogens is 1. The van der Waals surface area contributed by atoms with Crippen molar-refractivity contribution in [2.24, 2.45) is 5.84 Å². The molecule has 0 spiro atoms. The smallest absolute Gasteiger partial charge is 0.265 e. The number of amides is 1. The largest absolute Gasteiger partial charge is 0.368 e. The van der Waals surface area contributed by atoms with E-state index in [0.29, 0.717) is 5.56 Å². The van der Waals surface area contributed by atoms with E-state index in [0.717, 1.165) is 37.7 Å². The molecule has 0 unspecified atom stereocenters. The molecule has 1 aliphatic heterocycles. The van der Waals surface area contributed by atoms with Crippen molar-refractivity contribution in [1.29, 1.82) is 0 Å². The SMILES string of the molecule is NNC(=O)c1ccc(N2CCN(c3ccccn3)CC2)cc1. The van der Waals surface area contributed by atoms with Crippen LogP contribution in [0.5, 0.6) is 0 Å². The molecule has 2 aromatic rings. The molecule has 114 valence electrons. The molecule has 2 heterocycles. The molecule has 1 aromatic heterocycles. The Morgan fingerprint density at radius 1 is 1.00 bits per heavy atom. The molecule has 3 rings (SSSR count). The van der Waals surface area contributed by atoms with Gasteiger partial charge in [-0.15, -0.1) is 0 Å². The lowest BCUT2D eigenvalue weighted by Gasteiger charge is -2.36. The number of carbonyl (C=O) groups excluding carboxylic acids is 1. The van der Waals surface area contributed by atoms with Gasteiger partial charge < -0.3 is 9.80 Å². The van der Waals surface area contributed by atoms with E-state index in [4.69, 9.17) is 5.84 Å². The standard InChI is InChI=1S/C16H19N5O/c17-19-16(22)13-4-6-14(7-5-13)20-9-11-21(12-10-20)15-3-1-2-8-18-15/h1-8H,9-12,17H2,(H,19,22). The summed E-state index contributed by atoms with van der Waals surface area (Å²) in [6.45, 7) is 3.72. The highest BCUT2D eigenvalue weighted by atomic mass is 16.2. The van der Waals surface area contributed by atoms with Crippen molar-refractivity contribution in [2.45, 2.75) is 0 Å². The summed E-state index contributed by atoms with van der Waals surface area (Å²) in [5.74, 6) is 5.89. The highest BCUT2D eigenvalue weighted by Crippen LogP contribution is 2.19. The number of nitrogen functional groups attached to an aromatic ring is 1. The number of benzene rings is 1. The summed E-state index contributed by atoms with van der Waals surface area (Å²) in [7, 11) is 0. The maximum Gasteiger partial charge on any atom is 0.265 e. The lowest BCUT2D eigenvalue weighted by molar-refractivity contribution is 0.0953. The van der Waals surface area contributed by atoms with Crippen molar-refractivity contribution in [3.05, 3.63) is 54.2 Å². The molecule has 1 aliphatic rings. The number of nitrogens with two attached hydrogens (primary N) is 1. The summed E-state index contributed by atoms with van der Waals surface area (Å²) in [5, 5.41) is 0. The van der Waals surface area contributed by atoms with Crippen molar-refractivity contribution >= 4 is 17.4 Å². The van der Waals surface area contributed by atoms with Crippen LogP contribution < -0.4 is 21.1 Å². The van der Waals surface area contributed by atoms with Crippen LogP contribution in [0.1, 0.15) is 10.4 Å². The van der Waals surface area contributed by atoms with Crippen LogP contribution >= 0.6 is 0 Å². The number of rotatable bonds is 3. The molecule has 1 amide bonds. The molecule has 1 fully saturated rings. The number of hydrazine groups is 1. The lowest BCUT2D eigenvalue weighted by Crippen LogP contribution is -2.46. The molecule has 3 N–H and O–H groups in total. The third-order valence-electron chi connectivity index (χ3n) is 3.88. The van der Waals surface area contributed by atoms with Crippen molar-refractivity contribution in [1.82, 2.24) is 10.4 Å². The molecule has 6 nitrogen and oxygen atoms in total. The number of carbonyl (C=O) groups is 1. The minimum Gasteiger partial charge on any atom is -0.368 e. The Kier molecular flexibility index (Phi) is 4.20. The summed E-state index contributed by atoms with van der Waals surface area (Å²) in [6, 6.07) is 13.5. The third kappa shape index (κ3) is 3.01. The Morgan fingerprint density at radius 2 is 1.68 bits per heavy atom. The second kappa shape index (κ2) is 6.44. The number of anilines is 2. The van der Waals surface area contributed by atoms with Gasteiger partial charge in [-0.3, -0.25) is 10.2 Å². The maximum atomic E-state index is 11.4. The van der Waals surface area contributed by atoms with Crippen LogP contribution in [0.2, 0.25) is 0 Å². The Labute approximate surface area is 129 Å². The van der Waals surface area contributed by atoms with Crippen LogP contribution in [0, 0.1) is 0 Å². The molecule has 1 aromatic carbocycles. The third-order valence-corrected chi connectivity index (χ3v) is 3.88. The van der Waals surface area contributed by atoms with E-state index in [2.05, 4.69) is 20.2 Å². The second-order valence-corrected chi connectivity index (χ2v) is 5.18. The summed E-state index contributed by atoms with van der Waals surface area (Å²) in [6.07, 6.45) is 1.82. The quantitative estimate of drug-likeness (QED) is 0.502. The van der Waals surface area contributed by atoms with Crippen molar-refractivity contribution in [3.8, 4) is 0 Å². The Balaban J connectivity index is 1.63. The van der Waals surface area contributed by atoms with Gasteiger partial charge in [-0.25, -0.2) is 10.8 Å². The van der Waals surface area contributed by atoms with Gasteiger partial charge in [0.2, 0.25) is 0 Å². The van der Waals surface area contributed by atoms with Crippen molar-refractivity contribution in [2.75, 3.05) is 36.0 Å². The summed E-state index contributed by atoms with van der Waals surface area (Å²) in [5.41, 5.74) is 3.83. The van der Waals surface area contributed by atoms with Gasteiger partial charge in [0.05, 0.1) is 0 Å². The zero-order valence-corrected chi connectivity index (χ0v) is 12.3. The predicted octanol–water partition coefficient (Wildman–Crippen LogP) is 1.01. The molecule has 0 bridgehead atoms. The molecular weight excluding hydrogens is 278 g/mol. The van der Waals surface area contributed by atoms with Gasteiger partial charge in [-0.2, -0.15) is 0 Å². The van der Waals surface area contributed by atoms with Gasteiger partial charge in [0.1, 0.15) is 5.82 Å². The minimum atomic E-state index is -0.272. The zero-order valence-electron chi connectivity index (χ0n) is 12.3. The minimum absolute atomic E-state index is 0.272. The molecule has 1 saturated heterocycles. The van der Waals surface area contributed by atoms with E-state index in [-0.39, 0.29) is 5.91 Å². The molecule has 0 atom stereocenters. The van der Waals surface area contributed by atoms with Crippen molar-refractivity contribution in [3.63, 3.8) is 0 Å². The molecule has 0 aliphatic carbocycles. The number of nitrogens with one attached hydrogen (secondary N) is 1. The topological polar surface area (TPSA) is 74.5 Å². The van der Waals surface area contributed by atoms with Crippen molar-refractivity contribution < 1.29 is 4.79 Å². The number of nitrogens with zero attached hydrogens (tertiary/aromatic N) is 3. The van der Waals surface area contributed by atoms with E-state index in [1.807, 2.05) is 36.5 Å². The zero-order chi connectivity index (χ0) is 15.4. The van der Waals surface area contributed by atoms with E-state index in [1.165, 1.54) is 0 Å². The average Bonchev–Trinajstić information content (AvgIpc) is 2.62. The Morgan fingerprint density at radius 3 is 2.27 bits per heavy atom. The van der Waals surface area contributed by atoms with E-state index in [9.17, 15) is 4.79 Å². The summed E-state index contributed by atoms with van der Waals surface area (Å²) >= 11 is 0. The van der Waals surface area contributed by atoms with Gasteiger partial charge in [0.15, 0.2) is 0 Å². The molecule has 22 heavy (non-hydrogen) atoms. The van der Waals surface area contributed by atoms with Crippen LogP contribution in [-0.2, 0) is 0 Å².